The van der Waals surface area contributed by atoms with E-state index >= 15 is 0 Å². The van der Waals surface area contributed by atoms with Crippen molar-refractivity contribution in [1.82, 2.24) is 0 Å². The minimum atomic E-state index is -0.220. The van der Waals surface area contributed by atoms with E-state index in [0.717, 1.165) is 23.3 Å². The molecule has 1 unspecified atom stereocenters. The maximum atomic E-state index is 11.5. The maximum Gasteiger partial charge on any atom is 0.332 e. The van der Waals surface area contributed by atoms with Crippen molar-refractivity contribution >= 4 is 29.3 Å². The first-order valence-corrected chi connectivity index (χ1v) is 8.28. The lowest BCUT2D eigenvalue weighted by Crippen LogP contribution is -2.07. The molecule has 1 atom stereocenters. The maximum absolute atomic E-state index is 11.5. The molecule has 4 heteroatoms. The number of thioether (sulfide) groups is 1. The molecule has 2 nitrogen and oxygen atoms in total. The summed E-state index contributed by atoms with van der Waals surface area (Å²) in [6.45, 7) is 2.20. The van der Waals surface area contributed by atoms with Gasteiger partial charge in [0, 0.05) is 16.0 Å². The Hall–Kier alpha value is -0.930. The molecule has 1 aliphatic heterocycles. The van der Waals surface area contributed by atoms with Gasteiger partial charge in [-0.05, 0) is 42.7 Å². The van der Waals surface area contributed by atoms with E-state index in [4.69, 9.17) is 16.3 Å². The van der Waals surface area contributed by atoms with Gasteiger partial charge in [-0.3, -0.25) is 0 Å². The van der Waals surface area contributed by atoms with Crippen LogP contribution in [-0.4, -0.2) is 11.4 Å². The fourth-order valence-corrected chi connectivity index (χ4v) is 3.26. The van der Waals surface area contributed by atoms with Crippen LogP contribution in [0.2, 0.25) is 5.02 Å². The van der Waals surface area contributed by atoms with Gasteiger partial charge in [0.05, 0.1) is 0 Å². The molecule has 0 spiro atoms. The lowest BCUT2D eigenvalue weighted by Gasteiger charge is -2.14. The number of rotatable bonds is 7. The standard InChI is InChI=1S/C16H19ClO2S/c1-2-3-4-5-6-12-11-15(18)19-16(12)20-14-9-7-13(17)8-10-14/h7-11,16H,2-6H2,1H3. The van der Waals surface area contributed by atoms with Gasteiger partial charge < -0.3 is 4.74 Å². The second-order valence-corrected chi connectivity index (χ2v) is 6.44. The molecule has 2 rings (SSSR count). The molecule has 0 radical (unpaired) electrons. The molecule has 0 aliphatic carbocycles. The highest BCUT2D eigenvalue weighted by atomic mass is 35.5. The third-order valence-electron chi connectivity index (χ3n) is 3.20. The number of esters is 1. The van der Waals surface area contributed by atoms with Crippen molar-refractivity contribution in [3.05, 3.63) is 40.9 Å². The van der Waals surface area contributed by atoms with Crippen molar-refractivity contribution in [1.29, 1.82) is 0 Å². The summed E-state index contributed by atoms with van der Waals surface area (Å²) in [5, 5.41) is 0.716. The number of hydrogen-bond acceptors (Lipinski definition) is 3. The second kappa shape index (κ2) is 7.75. The first-order valence-electron chi connectivity index (χ1n) is 7.02. The van der Waals surface area contributed by atoms with E-state index in [1.807, 2.05) is 24.3 Å². The number of ether oxygens (including phenoxy) is 1. The van der Waals surface area contributed by atoms with Crippen LogP contribution in [-0.2, 0) is 9.53 Å². The molecule has 0 N–H and O–H groups in total. The van der Waals surface area contributed by atoms with Gasteiger partial charge in [0.1, 0.15) is 0 Å². The Morgan fingerprint density at radius 2 is 1.95 bits per heavy atom. The van der Waals surface area contributed by atoms with Crippen molar-refractivity contribution < 1.29 is 9.53 Å². The van der Waals surface area contributed by atoms with Gasteiger partial charge in [0.25, 0.3) is 0 Å². The van der Waals surface area contributed by atoms with Gasteiger partial charge >= 0.3 is 5.97 Å². The van der Waals surface area contributed by atoms with Gasteiger partial charge in [-0.25, -0.2) is 4.79 Å². The summed E-state index contributed by atoms with van der Waals surface area (Å²) >= 11 is 7.44. The fourth-order valence-electron chi connectivity index (χ4n) is 2.12. The van der Waals surface area contributed by atoms with E-state index in [0.29, 0.717) is 5.02 Å². The molecule has 108 valence electrons. The smallest absolute Gasteiger partial charge is 0.332 e. The summed E-state index contributed by atoms with van der Waals surface area (Å²) in [4.78, 5) is 12.5. The molecular formula is C16H19ClO2S. The topological polar surface area (TPSA) is 26.3 Å². The Labute approximate surface area is 129 Å². The molecular weight excluding hydrogens is 292 g/mol. The molecule has 1 heterocycles. The number of benzene rings is 1. The number of unbranched alkanes of at least 4 members (excludes halogenated alkanes) is 3. The molecule has 1 aromatic rings. The highest BCUT2D eigenvalue weighted by Gasteiger charge is 2.26. The molecule has 0 amide bonds. The number of hydrogen-bond donors (Lipinski definition) is 0. The van der Waals surface area contributed by atoms with Crippen molar-refractivity contribution in [2.75, 3.05) is 0 Å². The number of carbonyl (C=O) groups is 1. The monoisotopic (exact) mass is 310 g/mol. The van der Waals surface area contributed by atoms with Gasteiger partial charge in [0.2, 0.25) is 0 Å². The Bertz CT molecular complexity index is 482. The quantitative estimate of drug-likeness (QED) is 0.510. The third-order valence-corrected chi connectivity index (χ3v) is 4.61. The zero-order chi connectivity index (χ0) is 14.4. The van der Waals surface area contributed by atoms with Crippen molar-refractivity contribution in [2.45, 2.75) is 49.4 Å². The molecule has 0 aromatic heterocycles. The Morgan fingerprint density at radius 1 is 1.20 bits per heavy atom. The predicted octanol–water partition coefficient (Wildman–Crippen LogP) is 5.21. The molecule has 0 saturated carbocycles. The molecule has 1 aromatic carbocycles. The fraction of sp³-hybridized carbons (Fsp3) is 0.438. The van der Waals surface area contributed by atoms with Crippen LogP contribution in [0.1, 0.15) is 39.0 Å². The average molecular weight is 311 g/mol. The molecule has 0 bridgehead atoms. The molecule has 0 saturated heterocycles. The lowest BCUT2D eigenvalue weighted by molar-refractivity contribution is -0.136. The van der Waals surface area contributed by atoms with E-state index in [9.17, 15) is 4.79 Å². The zero-order valence-electron chi connectivity index (χ0n) is 11.6. The van der Waals surface area contributed by atoms with E-state index < -0.39 is 0 Å². The van der Waals surface area contributed by atoms with Crippen molar-refractivity contribution in [3.8, 4) is 0 Å². The van der Waals surface area contributed by atoms with E-state index in [1.165, 1.54) is 19.3 Å². The normalized spacial score (nSPS) is 18.0. The lowest BCUT2D eigenvalue weighted by atomic mass is 10.1. The Kier molecular flexibility index (Phi) is 5.99. The summed E-state index contributed by atoms with van der Waals surface area (Å²) in [7, 11) is 0. The first-order chi connectivity index (χ1) is 9.69. The largest absolute Gasteiger partial charge is 0.443 e. The van der Waals surface area contributed by atoms with Gasteiger partial charge in [-0.15, -0.1) is 0 Å². The van der Waals surface area contributed by atoms with Gasteiger partial charge in [-0.1, -0.05) is 49.5 Å². The van der Waals surface area contributed by atoms with Crippen LogP contribution >= 0.6 is 23.4 Å². The van der Waals surface area contributed by atoms with Crippen molar-refractivity contribution in [3.63, 3.8) is 0 Å². The van der Waals surface area contributed by atoms with Gasteiger partial charge in [-0.2, -0.15) is 0 Å². The number of halogens is 1. The van der Waals surface area contributed by atoms with Crippen LogP contribution in [0.25, 0.3) is 0 Å². The second-order valence-electron chi connectivity index (χ2n) is 4.87. The predicted molar refractivity (Wildman–Crippen MR) is 84.0 cm³/mol. The van der Waals surface area contributed by atoms with Gasteiger partial charge in [0.15, 0.2) is 5.44 Å². The minimum absolute atomic E-state index is 0.176. The highest BCUT2D eigenvalue weighted by molar-refractivity contribution is 8.00. The molecule has 20 heavy (non-hydrogen) atoms. The highest BCUT2D eigenvalue weighted by Crippen LogP contribution is 2.35. The minimum Gasteiger partial charge on any atom is -0.443 e. The van der Waals surface area contributed by atoms with Crippen LogP contribution < -0.4 is 0 Å². The van der Waals surface area contributed by atoms with Crippen LogP contribution in [0, 0.1) is 0 Å². The number of cyclic esters (lactones) is 1. The van der Waals surface area contributed by atoms with Crippen molar-refractivity contribution in [2.24, 2.45) is 0 Å². The SMILES string of the molecule is CCCCCCC1=CC(=O)OC1Sc1ccc(Cl)cc1. The number of carbonyl (C=O) groups excluding carboxylic acids is 1. The average Bonchev–Trinajstić information content (AvgIpc) is 2.77. The Balaban J connectivity index is 1.91. The third kappa shape index (κ3) is 4.57. The van der Waals surface area contributed by atoms with E-state index in [-0.39, 0.29) is 11.4 Å². The molecule has 0 fully saturated rings. The van der Waals surface area contributed by atoms with E-state index in [2.05, 4.69) is 6.92 Å². The van der Waals surface area contributed by atoms with E-state index in [1.54, 1.807) is 17.8 Å². The van der Waals surface area contributed by atoms with Crippen LogP contribution in [0.15, 0.2) is 40.8 Å². The van der Waals surface area contributed by atoms with Crippen LogP contribution in [0.4, 0.5) is 0 Å². The summed E-state index contributed by atoms with van der Waals surface area (Å²) in [6, 6.07) is 7.61. The summed E-state index contributed by atoms with van der Waals surface area (Å²) in [6.07, 6.45) is 7.39. The Morgan fingerprint density at radius 3 is 2.65 bits per heavy atom. The summed E-state index contributed by atoms with van der Waals surface area (Å²) in [5.74, 6) is -0.220. The van der Waals surface area contributed by atoms with Crippen LogP contribution in [0.3, 0.4) is 0 Å². The van der Waals surface area contributed by atoms with Crippen LogP contribution in [0.5, 0.6) is 0 Å². The first kappa shape index (κ1) is 15.5. The summed E-state index contributed by atoms with van der Waals surface area (Å²) < 4.78 is 5.36. The summed E-state index contributed by atoms with van der Waals surface area (Å²) in [5.41, 5.74) is 0.927. The molecule has 1 aliphatic rings. The zero-order valence-corrected chi connectivity index (χ0v) is 13.2.